The van der Waals surface area contributed by atoms with E-state index in [1.165, 1.54) is 32.1 Å². The third-order valence-electron chi connectivity index (χ3n) is 3.85. The maximum absolute atomic E-state index is 5.61. The SMILES string of the molecule is CCOc1cccnc1NCC1(SC)CCCCC1. The highest BCUT2D eigenvalue weighted by molar-refractivity contribution is 8.00. The molecule has 0 amide bonds. The Morgan fingerprint density at radius 2 is 2.16 bits per heavy atom. The van der Waals surface area contributed by atoms with Crippen LogP contribution in [0.2, 0.25) is 0 Å². The van der Waals surface area contributed by atoms with Crippen molar-refractivity contribution in [1.29, 1.82) is 0 Å². The van der Waals surface area contributed by atoms with Crippen LogP contribution in [0, 0.1) is 0 Å². The average molecular weight is 280 g/mol. The number of ether oxygens (including phenoxy) is 1. The zero-order valence-electron chi connectivity index (χ0n) is 11.9. The van der Waals surface area contributed by atoms with E-state index < -0.39 is 0 Å². The number of pyridine rings is 1. The first-order valence-electron chi connectivity index (χ1n) is 7.16. The van der Waals surface area contributed by atoms with E-state index in [4.69, 9.17) is 4.74 Å². The lowest BCUT2D eigenvalue weighted by atomic mass is 9.88. The Balaban J connectivity index is 2.00. The van der Waals surface area contributed by atoms with Crippen LogP contribution >= 0.6 is 11.8 Å². The molecule has 0 aromatic carbocycles. The van der Waals surface area contributed by atoms with E-state index in [1.54, 1.807) is 0 Å². The monoisotopic (exact) mass is 280 g/mol. The summed E-state index contributed by atoms with van der Waals surface area (Å²) < 4.78 is 5.99. The Bertz CT molecular complexity index is 391. The molecule has 1 fully saturated rings. The van der Waals surface area contributed by atoms with Gasteiger partial charge in [-0.1, -0.05) is 19.3 Å². The molecule has 0 spiro atoms. The summed E-state index contributed by atoms with van der Waals surface area (Å²) in [6, 6.07) is 3.90. The number of nitrogens with zero attached hydrogens (tertiary/aromatic N) is 1. The Labute approximate surface area is 120 Å². The Hall–Kier alpha value is -0.900. The van der Waals surface area contributed by atoms with E-state index in [0.717, 1.165) is 18.1 Å². The fourth-order valence-corrected chi connectivity index (χ4v) is 3.60. The smallest absolute Gasteiger partial charge is 0.168 e. The summed E-state index contributed by atoms with van der Waals surface area (Å²) in [5.74, 6) is 1.74. The first-order valence-corrected chi connectivity index (χ1v) is 8.39. The number of hydrogen-bond donors (Lipinski definition) is 1. The second-order valence-electron chi connectivity index (χ2n) is 5.08. The van der Waals surface area contributed by atoms with Crippen LogP contribution in [-0.4, -0.2) is 29.1 Å². The summed E-state index contributed by atoms with van der Waals surface area (Å²) in [7, 11) is 0. The molecule has 4 heteroatoms. The third kappa shape index (κ3) is 3.78. The van der Waals surface area contributed by atoms with Gasteiger partial charge in [0.05, 0.1) is 6.61 Å². The molecule has 0 unspecified atom stereocenters. The molecule has 0 aliphatic heterocycles. The lowest BCUT2D eigenvalue weighted by molar-refractivity contribution is 0.340. The minimum atomic E-state index is 0.374. The molecule has 1 aromatic rings. The van der Waals surface area contributed by atoms with E-state index >= 15 is 0 Å². The van der Waals surface area contributed by atoms with Crippen molar-refractivity contribution in [2.24, 2.45) is 0 Å². The molecule has 0 saturated heterocycles. The lowest BCUT2D eigenvalue weighted by Crippen LogP contribution is -2.35. The van der Waals surface area contributed by atoms with Crippen molar-refractivity contribution in [2.75, 3.05) is 24.7 Å². The topological polar surface area (TPSA) is 34.1 Å². The molecule has 1 aromatic heterocycles. The van der Waals surface area contributed by atoms with Gasteiger partial charge in [0.25, 0.3) is 0 Å². The van der Waals surface area contributed by atoms with Crippen molar-refractivity contribution >= 4 is 17.6 Å². The maximum atomic E-state index is 5.61. The standard InChI is InChI=1S/C15H24N2OS/c1-3-18-13-8-7-11-16-14(13)17-12-15(19-2)9-5-4-6-10-15/h7-8,11H,3-6,9-10,12H2,1-2H3,(H,16,17). The molecule has 1 saturated carbocycles. The number of aromatic nitrogens is 1. The molecule has 2 rings (SSSR count). The molecule has 1 N–H and O–H groups in total. The average Bonchev–Trinajstić information content (AvgIpc) is 2.48. The summed E-state index contributed by atoms with van der Waals surface area (Å²) in [6.07, 6.45) is 10.7. The number of thioether (sulfide) groups is 1. The van der Waals surface area contributed by atoms with Gasteiger partial charge in [-0.3, -0.25) is 0 Å². The highest BCUT2D eigenvalue weighted by Gasteiger charge is 2.31. The van der Waals surface area contributed by atoms with Crippen LogP contribution in [0.3, 0.4) is 0 Å². The van der Waals surface area contributed by atoms with Gasteiger partial charge >= 0.3 is 0 Å². The van der Waals surface area contributed by atoms with Crippen molar-refractivity contribution in [3.63, 3.8) is 0 Å². The molecule has 106 valence electrons. The van der Waals surface area contributed by atoms with Crippen molar-refractivity contribution in [2.45, 2.75) is 43.8 Å². The van der Waals surface area contributed by atoms with E-state index in [0.29, 0.717) is 11.4 Å². The van der Waals surface area contributed by atoms with Crippen molar-refractivity contribution in [1.82, 2.24) is 4.98 Å². The first kappa shape index (κ1) is 14.5. The van der Waals surface area contributed by atoms with Crippen molar-refractivity contribution < 1.29 is 4.74 Å². The zero-order valence-corrected chi connectivity index (χ0v) is 12.8. The molecular weight excluding hydrogens is 256 g/mol. The molecule has 3 nitrogen and oxygen atoms in total. The molecule has 0 atom stereocenters. The van der Waals surface area contributed by atoms with Crippen LogP contribution in [0.15, 0.2) is 18.3 Å². The Morgan fingerprint density at radius 1 is 1.37 bits per heavy atom. The van der Waals surface area contributed by atoms with Gasteiger partial charge in [-0.15, -0.1) is 0 Å². The van der Waals surface area contributed by atoms with Gasteiger partial charge in [0, 0.05) is 17.5 Å². The predicted octanol–water partition coefficient (Wildman–Crippen LogP) is 3.96. The van der Waals surface area contributed by atoms with E-state index in [-0.39, 0.29) is 0 Å². The minimum Gasteiger partial charge on any atom is -0.490 e. The predicted molar refractivity (Wildman–Crippen MR) is 83.2 cm³/mol. The summed E-state index contributed by atoms with van der Waals surface area (Å²) >= 11 is 2.00. The van der Waals surface area contributed by atoms with Gasteiger partial charge in [-0.2, -0.15) is 11.8 Å². The van der Waals surface area contributed by atoms with E-state index in [1.807, 2.05) is 37.0 Å². The third-order valence-corrected chi connectivity index (χ3v) is 5.26. The van der Waals surface area contributed by atoms with E-state index in [2.05, 4.69) is 16.6 Å². The summed E-state index contributed by atoms with van der Waals surface area (Å²) in [5, 5.41) is 3.50. The molecule has 0 radical (unpaired) electrons. The second-order valence-corrected chi connectivity index (χ2v) is 6.36. The molecule has 1 aliphatic rings. The first-order chi connectivity index (χ1) is 9.29. The van der Waals surface area contributed by atoms with Crippen LogP contribution < -0.4 is 10.1 Å². The van der Waals surface area contributed by atoms with Crippen molar-refractivity contribution in [3.05, 3.63) is 18.3 Å². The quantitative estimate of drug-likeness (QED) is 0.855. The maximum Gasteiger partial charge on any atom is 0.168 e. The normalized spacial score (nSPS) is 18.0. The number of hydrogen-bond acceptors (Lipinski definition) is 4. The lowest BCUT2D eigenvalue weighted by Gasteiger charge is -2.36. The van der Waals surface area contributed by atoms with Crippen LogP contribution in [-0.2, 0) is 0 Å². The molecule has 1 heterocycles. The van der Waals surface area contributed by atoms with E-state index in [9.17, 15) is 0 Å². The second kappa shape index (κ2) is 7.04. The van der Waals surface area contributed by atoms with Gasteiger partial charge in [0.1, 0.15) is 0 Å². The fourth-order valence-electron chi connectivity index (χ4n) is 2.69. The summed E-state index contributed by atoms with van der Waals surface area (Å²) in [5.41, 5.74) is 0. The number of rotatable bonds is 6. The van der Waals surface area contributed by atoms with Gasteiger partial charge in [0.15, 0.2) is 11.6 Å². The van der Waals surface area contributed by atoms with Gasteiger partial charge in [-0.25, -0.2) is 4.98 Å². The molecule has 1 aliphatic carbocycles. The highest BCUT2D eigenvalue weighted by atomic mass is 32.2. The largest absolute Gasteiger partial charge is 0.490 e. The van der Waals surface area contributed by atoms with Crippen LogP contribution in [0.1, 0.15) is 39.0 Å². The van der Waals surface area contributed by atoms with Crippen LogP contribution in [0.5, 0.6) is 5.75 Å². The summed E-state index contributed by atoms with van der Waals surface area (Å²) in [6.45, 7) is 3.65. The molecule has 0 bridgehead atoms. The van der Waals surface area contributed by atoms with Gasteiger partial charge < -0.3 is 10.1 Å². The molecular formula is C15H24N2OS. The van der Waals surface area contributed by atoms with Crippen LogP contribution in [0.25, 0.3) is 0 Å². The number of anilines is 1. The number of nitrogens with one attached hydrogen (secondary N) is 1. The van der Waals surface area contributed by atoms with Crippen LogP contribution in [0.4, 0.5) is 5.82 Å². The fraction of sp³-hybridized carbons (Fsp3) is 0.667. The minimum absolute atomic E-state index is 0.374. The van der Waals surface area contributed by atoms with Crippen molar-refractivity contribution in [3.8, 4) is 5.75 Å². The zero-order chi connectivity index (χ0) is 13.6. The highest BCUT2D eigenvalue weighted by Crippen LogP contribution is 2.39. The Kier molecular flexibility index (Phi) is 5.37. The Morgan fingerprint density at radius 3 is 2.84 bits per heavy atom. The summed E-state index contributed by atoms with van der Waals surface area (Å²) in [4.78, 5) is 4.40. The van der Waals surface area contributed by atoms with Gasteiger partial charge in [0.2, 0.25) is 0 Å². The van der Waals surface area contributed by atoms with Gasteiger partial charge in [-0.05, 0) is 38.2 Å². The molecule has 19 heavy (non-hydrogen) atoms.